The molecule has 0 aromatic heterocycles. The van der Waals surface area contributed by atoms with Crippen LogP contribution in [0.4, 0.5) is 0 Å². The number of ether oxygens (including phenoxy) is 1. The van der Waals surface area contributed by atoms with Crippen LogP contribution in [0.3, 0.4) is 0 Å². The first-order chi connectivity index (χ1) is 12.2. The summed E-state index contributed by atoms with van der Waals surface area (Å²) in [7, 11) is 1.66. The topological polar surface area (TPSA) is 32.7 Å². The van der Waals surface area contributed by atoms with Crippen LogP contribution in [-0.4, -0.2) is 36.8 Å². The first-order valence-electron chi connectivity index (χ1n) is 9.28. The van der Waals surface area contributed by atoms with Crippen LogP contribution in [0.5, 0.6) is 5.75 Å². The van der Waals surface area contributed by atoms with Crippen LogP contribution in [-0.2, 0) is 0 Å². The van der Waals surface area contributed by atoms with Gasteiger partial charge >= 0.3 is 0 Å². The summed E-state index contributed by atoms with van der Waals surface area (Å²) < 4.78 is 5.23. The molecule has 0 radical (unpaired) electrons. The van der Waals surface area contributed by atoms with Crippen molar-refractivity contribution in [3.05, 3.63) is 65.7 Å². The molecule has 0 spiro atoms. The largest absolute Gasteiger partial charge is 0.497 e. The molecular weight excluding hydrogens is 346 g/mol. The van der Waals surface area contributed by atoms with Crippen molar-refractivity contribution in [2.45, 2.75) is 38.7 Å². The lowest BCUT2D eigenvalue weighted by Crippen LogP contribution is -2.32. The Hall–Kier alpha value is -1.55. The van der Waals surface area contributed by atoms with E-state index in [0.29, 0.717) is 0 Å². The van der Waals surface area contributed by atoms with E-state index in [-0.39, 0.29) is 18.3 Å². The summed E-state index contributed by atoms with van der Waals surface area (Å²) in [6, 6.07) is 18.1. The molecule has 0 saturated carbocycles. The van der Waals surface area contributed by atoms with Gasteiger partial charge in [0.05, 0.1) is 13.2 Å². The third-order valence-corrected chi connectivity index (χ3v) is 4.60. The Morgan fingerprint density at radius 3 is 1.96 bits per heavy atom. The Balaban J connectivity index is 0.00000338. The van der Waals surface area contributed by atoms with Crippen molar-refractivity contribution >= 4 is 12.4 Å². The monoisotopic (exact) mass is 377 g/mol. The summed E-state index contributed by atoms with van der Waals surface area (Å²) in [6.45, 7) is 7.40. The predicted octanol–water partition coefficient (Wildman–Crippen LogP) is 5.06. The maximum atomic E-state index is 11.1. The molecule has 0 aliphatic rings. The molecule has 144 valence electrons. The highest BCUT2D eigenvalue weighted by atomic mass is 35.5. The normalized spacial score (nSPS) is 13.1. The molecular formula is C22H32ClNO2. The first-order valence-corrected chi connectivity index (χ1v) is 9.28. The van der Waals surface area contributed by atoms with Gasteiger partial charge in [0.25, 0.3) is 0 Å². The molecule has 0 bridgehead atoms. The van der Waals surface area contributed by atoms with Gasteiger partial charge in [-0.05, 0) is 49.2 Å². The van der Waals surface area contributed by atoms with E-state index in [1.165, 1.54) is 5.56 Å². The fraction of sp³-hybridized carbons (Fsp3) is 0.455. The molecule has 3 nitrogen and oxygen atoms in total. The van der Waals surface area contributed by atoms with Crippen molar-refractivity contribution in [1.29, 1.82) is 0 Å². The lowest BCUT2D eigenvalue weighted by atomic mass is 9.88. The van der Waals surface area contributed by atoms with Gasteiger partial charge in [0.15, 0.2) is 0 Å². The van der Waals surface area contributed by atoms with Crippen molar-refractivity contribution < 1.29 is 9.84 Å². The van der Waals surface area contributed by atoms with Crippen LogP contribution < -0.4 is 4.74 Å². The number of aliphatic hydroxyl groups is 1. The highest BCUT2D eigenvalue weighted by Gasteiger charge is 2.25. The molecule has 2 atom stereocenters. The van der Waals surface area contributed by atoms with Crippen molar-refractivity contribution in [2.24, 2.45) is 0 Å². The first kappa shape index (κ1) is 22.5. The fourth-order valence-electron chi connectivity index (χ4n) is 3.33. The molecule has 4 heteroatoms. The predicted molar refractivity (Wildman–Crippen MR) is 111 cm³/mol. The smallest absolute Gasteiger partial charge is 0.118 e. The van der Waals surface area contributed by atoms with E-state index < -0.39 is 6.10 Å². The summed E-state index contributed by atoms with van der Waals surface area (Å²) in [4.78, 5) is 2.46. The SMILES string of the molecule is CCCN(CCC)CC(c1ccccc1)C(O)c1ccc(OC)cc1.Cl. The minimum atomic E-state index is -0.537. The van der Waals surface area contributed by atoms with E-state index in [2.05, 4.69) is 30.9 Å². The van der Waals surface area contributed by atoms with Crippen LogP contribution in [0.2, 0.25) is 0 Å². The van der Waals surface area contributed by atoms with Crippen LogP contribution in [0.15, 0.2) is 54.6 Å². The van der Waals surface area contributed by atoms with Crippen molar-refractivity contribution in [1.82, 2.24) is 4.90 Å². The minimum Gasteiger partial charge on any atom is -0.497 e. The van der Waals surface area contributed by atoms with Crippen LogP contribution in [0.25, 0.3) is 0 Å². The van der Waals surface area contributed by atoms with Crippen molar-refractivity contribution in [2.75, 3.05) is 26.7 Å². The van der Waals surface area contributed by atoms with Gasteiger partial charge < -0.3 is 14.7 Å². The zero-order valence-electron chi connectivity index (χ0n) is 16.1. The minimum absolute atomic E-state index is 0. The second-order valence-electron chi connectivity index (χ2n) is 6.54. The zero-order chi connectivity index (χ0) is 18.1. The highest BCUT2D eigenvalue weighted by molar-refractivity contribution is 5.85. The molecule has 0 fully saturated rings. The molecule has 2 aromatic rings. The summed E-state index contributed by atoms with van der Waals surface area (Å²) in [5.41, 5.74) is 2.12. The third kappa shape index (κ3) is 6.31. The van der Waals surface area contributed by atoms with Gasteiger partial charge in [0.2, 0.25) is 0 Å². The van der Waals surface area contributed by atoms with Crippen LogP contribution >= 0.6 is 12.4 Å². The van der Waals surface area contributed by atoms with E-state index >= 15 is 0 Å². The standard InChI is InChI=1S/C22H31NO2.ClH/c1-4-15-23(16-5-2)17-21(18-9-7-6-8-10-18)22(24)19-11-13-20(25-3)14-12-19;/h6-14,21-22,24H,4-5,15-17H2,1-3H3;1H. The Labute approximate surface area is 164 Å². The molecule has 1 N–H and O–H groups in total. The lowest BCUT2D eigenvalue weighted by molar-refractivity contribution is 0.116. The average molecular weight is 378 g/mol. The van der Waals surface area contributed by atoms with Crippen molar-refractivity contribution in [3.8, 4) is 5.75 Å². The molecule has 0 aliphatic heterocycles. The average Bonchev–Trinajstić information content (AvgIpc) is 2.66. The van der Waals surface area contributed by atoms with Gasteiger partial charge in [-0.3, -0.25) is 0 Å². The summed E-state index contributed by atoms with van der Waals surface area (Å²) in [6.07, 6.45) is 1.71. The van der Waals surface area contributed by atoms with Gasteiger partial charge in [-0.2, -0.15) is 0 Å². The van der Waals surface area contributed by atoms with E-state index in [9.17, 15) is 5.11 Å². The van der Waals surface area contributed by atoms with Gasteiger partial charge in [-0.1, -0.05) is 56.3 Å². The summed E-state index contributed by atoms with van der Waals surface area (Å²) in [5.74, 6) is 0.860. The molecule has 0 saturated heterocycles. The summed E-state index contributed by atoms with van der Waals surface area (Å²) in [5, 5.41) is 11.1. The molecule has 2 aromatic carbocycles. The molecule has 0 heterocycles. The molecule has 0 aliphatic carbocycles. The maximum absolute atomic E-state index is 11.1. The fourth-order valence-corrected chi connectivity index (χ4v) is 3.33. The number of nitrogens with zero attached hydrogens (tertiary/aromatic N) is 1. The maximum Gasteiger partial charge on any atom is 0.118 e. The number of methoxy groups -OCH3 is 1. The van der Waals surface area contributed by atoms with Crippen molar-refractivity contribution in [3.63, 3.8) is 0 Å². The molecule has 0 amide bonds. The highest BCUT2D eigenvalue weighted by Crippen LogP contribution is 2.32. The Bertz CT molecular complexity index is 597. The Morgan fingerprint density at radius 1 is 0.885 bits per heavy atom. The Morgan fingerprint density at radius 2 is 1.46 bits per heavy atom. The van der Waals surface area contributed by atoms with Gasteiger partial charge in [-0.15, -0.1) is 12.4 Å². The quantitative estimate of drug-likeness (QED) is 0.628. The number of benzene rings is 2. The number of hydrogen-bond donors (Lipinski definition) is 1. The van der Waals surface area contributed by atoms with Gasteiger partial charge in [-0.25, -0.2) is 0 Å². The molecule has 2 rings (SSSR count). The van der Waals surface area contributed by atoms with Gasteiger partial charge in [0, 0.05) is 12.5 Å². The van der Waals surface area contributed by atoms with Gasteiger partial charge in [0.1, 0.15) is 5.75 Å². The second kappa shape index (κ2) is 11.9. The molecule has 2 unspecified atom stereocenters. The zero-order valence-corrected chi connectivity index (χ0v) is 16.9. The van der Waals surface area contributed by atoms with E-state index in [1.54, 1.807) is 7.11 Å². The molecule has 26 heavy (non-hydrogen) atoms. The lowest BCUT2D eigenvalue weighted by Gasteiger charge is -2.30. The van der Waals surface area contributed by atoms with E-state index in [1.807, 2.05) is 42.5 Å². The van der Waals surface area contributed by atoms with E-state index in [4.69, 9.17) is 4.74 Å². The number of rotatable bonds is 10. The van der Waals surface area contributed by atoms with Crippen LogP contribution in [0.1, 0.15) is 49.8 Å². The second-order valence-corrected chi connectivity index (χ2v) is 6.54. The number of halogens is 1. The number of aliphatic hydroxyl groups excluding tert-OH is 1. The summed E-state index contributed by atoms with van der Waals surface area (Å²) >= 11 is 0. The number of hydrogen-bond acceptors (Lipinski definition) is 3. The van der Waals surface area contributed by atoms with Crippen LogP contribution in [0, 0.1) is 0 Å². The van der Waals surface area contributed by atoms with E-state index in [0.717, 1.165) is 43.8 Å². The third-order valence-electron chi connectivity index (χ3n) is 4.60. The Kier molecular flexibility index (Phi) is 10.3.